The minimum absolute atomic E-state index is 0.0330. The van der Waals surface area contributed by atoms with E-state index in [1.54, 1.807) is 18.1 Å². The van der Waals surface area contributed by atoms with Crippen molar-refractivity contribution in [2.75, 3.05) is 48.8 Å². The number of nitrogens with one attached hydrogen (secondary N) is 2. The van der Waals surface area contributed by atoms with Gasteiger partial charge in [0.15, 0.2) is 5.82 Å². The number of hydrogen-bond acceptors (Lipinski definition) is 7. The highest BCUT2D eigenvalue weighted by molar-refractivity contribution is 5.74. The highest BCUT2D eigenvalue weighted by Crippen LogP contribution is 2.49. The molecule has 0 amide bonds. The van der Waals surface area contributed by atoms with Gasteiger partial charge in [-0.05, 0) is 93.8 Å². The van der Waals surface area contributed by atoms with Crippen LogP contribution in [0.4, 0.5) is 31.9 Å². The third-order valence-electron chi connectivity index (χ3n) is 10.2. The molecule has 2 aromatic rings. The molecule has 9 heteroatoms. The Balaban J connectivity index is 1.18. The third kappa shape index (κ3) is 5.48. The summed E-state index contributed by atoms with van der Waals surface area (Å²) in [4.78, 5) is 15.1. The van der Waals surface area contributed by atoms with Crippen molar-refractivity contribution in [3.63, 3.8) is 0 Å². The molecule has 6 rings (SSSR count). The molecule has 1 aromatic heterocycles. The van der Waals surface area contributed by atoms with Gasteiger partial charge in [0.25, 0.3) is 0 Å². The predicted molar refractivity (Wildman–Crippen MR) is 168 cm³/mol. The molecular formula is C33H45F2N7. The number of aryl methyl sites for hydroxylation is 1. The second-order valence-corrected chi connectivity index (χ2v) is 13.1. The molecule has 2 saturated carbocycles. The molecule has 2 aliphatic heterocycles. The Morgan fingerprint density at radius 2 is 1.83 bits per heavy atom. The Morgan fingerprint density at radius 3 is 2.52 bits per heavy atom. The molecule has 3 heterocycles. The number of aromatic nitrogens is 2. The van der Waals surface area contributed by atoms with Crippen molar-refractivity contribution in [3.05, 3.63) is 54.4 Å². The maximum Gasteiger partial charge on any atom is 0.304 e. The summed E-state index contributed by atoms with van der Waals surface area (Å²) < 4.78 is 30.4. The molecule has 42 heavy (non-hydrogen) atoms. The van der Waals surface area contributed by atoms with Crippen molar-refractivity contribution >= 4 is 28.8 Å². The van der Waals surface area contributed by atoms with Crippen LogP contribution in [0.1, 0.15) is 69.4 Å². The molecule has 7 nitrogen and oxygen atoms in total. The summed E-state index contributed by atoms with van der Waals surface area (Å²) in [6.45, 7) is 12.2. The van der Waals surface area contributed by atoms with Crippen molar-refractivity contribution in [1.29, 1.82) is 0 Å². The number of likely N-dealkylation sites (tertiary alicyclic amines) is 1. The number of benzene rings is 1. The van der Waals surface area contributed by atoms with Crippen LogP contribution in [0.3, 0.4) is 0 Å². The van der Waals surface area contributed by atoms with Crippen molar-refractivity contribution in [3.8, 4) is 0 Å². The maximum absolute atomic E-state index is 15.2. The van der Waals surface area contributed by atoms with Gasteiger partial charge in [-0.25, -0.2) is 4.98 Å². The molecule has 0 atom stereocenters. The molecule has 0 unspecified atom stereocenters. The number of alkyl halides is 2. The first kappa shape index (κ1) is 28.9. The van der Waals surface area contributed by atoms with Crippen LogP contribution in [0, 0.1) is 5.41 Å². The Morgan fingerprint density at radius 1 is 1.12 bits per heavy atom. The average molecular weight is 578 g/mol. The van der Waals surface area contributed by atoms with E-state index in [1.165, 1.54) is 43.7 Å². The van der Waals surface area contributed by atoms with Gasteiger partial charge in [-0.15, -0.1) is 0 Å². The Bertz CT molecular complexity index is 1340. The van der Waals surface area contributed by atoms with E-state index in [2.05, 4.69) is 59.8 Å². The molecule has 0 radical (unpaired) electrons. The Kier molecular flexibility index (Phi) is 7.66. The van der Waals surface area contributed by atoms with E-state index >= 15 is 8.78 Å². The lowest BCUT2D eigenvalue weighted by Gasteiger charge is -2.52. The van der Waals surface area contributed by atoms with Crippen LogP contribution in [-0.2, 0) is 6.42 Å². The van der Waals surface area contributed by atoms with Gasteiger partial charge in [0.05, 0.1) is 18.4 Å². The van der Waals surface area contributed by atoms with Gasteiger partial charge >= 0.3 is 5.92 Å². The van der Waals surface area contributed by atoms with E-state index in [0.717, 1.165) is 54.6 Å². The molecule has 4 aliphatic rings. The lowest BCUT2D eigenvalue weighted by molar-refractivity contribution is 0.0190. The van der Waals surface area contributed by atoms with E-state index in [0.29, 0.717) is 28.9 Å². The zero-order valence-corrected chi connectivity index (χ0v) is 25.4. The number of piperidine rings is 1. The topological polar surface area (TPSA) is 59.6 Å². The van der Waals surface area contributed by atoms with Crippen LogP contribution in [0.25, 0.3) is 5.70 Å². The van der Waals surface area contributed by atoms with Gasteiger partial charge in [0, 0.05) is 30.5 Å². The van der Waals surface area contributed by atoms with Crippen LogP contribution in [-0.4, -0.2) is 66.6 Å². The molecule has 2 aliphatic carbocycles. The third-order valence-corrected chi connectivity index (χ3v) is 10.2. The SMILES string of the molecule is C=C(NC1CC2(CCN(C)CC2)C1)c1ccc(Nc2ncc3c(n2)N(C2CCCC2)CC(F)(F)C(=C)N3C)c(CC)c1. The summed E-state index contributed by atoms with van der Waals surface area (Å²) in [7, 11) is 3.84. The molecule has 1 aromatic carbocycles. The molecule has 1 saturated heterocycles. The summed E-state index contributed by atoms with van der Waals surface area (Å²) in [5.41, 5.74) is 4.93. The zero-order valence-electron chi connectivity index (χ0n) is 25.4. The molecule has 3 fully saturated rings. The van der Waals surface area contributed by atoms with Crippen LogP contribution in [0.2, 0.25) is 0 Å². The Labute approximate surface area is 249 Å². The first-order valence-electron chi connectivity index (χ1n) is 15.6. The molecule has 2 N–H and O–H groups in total. The fourth-order valence-corrected chi connectivity index (χ4v) is 7.40. The van der Waals surface area contributed by atoms with Gasteiger partial charge in [-0.3, -0.25) is 0 Å². The van der Waals surface area contributed by atoms with Crippen molar-refractivity contribution in [1.82, 2.24) is 20.2 Å². The second kappa shape index (κ2) is 11.1. The quantitative estimate of drug-likeness (QED) is 0.386. The number of halogens is 2. The van der Waals surface area contributed by atoms with Crippen molar-refractivity contribution in [2.45, 2.75) is 82.7 Å². The maximum atomic E-state index is 15.2. The lowest BCUT2D eigenvalue weighted by Crippen LogP contribution is -2.52. The number of fused-ring (bicyclic) bond motifs is 1. The van der Waals surface area contributed by atoms with Crippen LogP contribution in [0.5, 0.6) is 0 Å². The number of rotatable bonds is 7. The monoisotopic (exact) mass is 577 g/mol. The second-order valence-electron chi connectivity index (χ2n) is 13.1. The average Bonchev–Trinajstić information content (AvgIpc) is 3.48. The van der Waals surface area contributed by atoms with Crippen molar-refractivity contribution < 1.29 is 8.78 Å². The van der Waals surface area contributed by atoms with Gasteiger partial charge < -0.3 is 25.3 Å². The highest BCUT2D eigenvalue weighted by atomic mass is 19.3. The first-order chi connectivity index (χ1) is 20.1. The van der Waals surface area contributed by atoms with Crippen molar-refractivity contribution in [2.24, 2.45) is 5.41 Å². The molecule has 226 valence electrons. The van der Waals surface area contributed by atoms with Crippen LogP contribution in [0.15, 0.2) is 43.3 Å². The van der Waals surface area contributed by atoms with E-state index in [-0.39, 0.29) is 11.7 Å². The number of nitrogens with zero attached hydrogens (tertiary/aromatic N) is 5. The standard InChI is InChI=1S/C33H45F2N7/c1-6-24-17-25(22(2)37-26-18-32(19-26)13-15-40(4)16-14-32)11-12-28(24)38-31-36-20-29-30(39-31)42(27-9-7-8-10-27)21-33(34,35)23(3)41(29)5/h11-12,17,20,26-27,37H,2-3,6-10,13-16,18-19,21H2,1,4-5H3,(H,36,38,39). The first-order valence-corrected chi connectivity index (χ1v) is 15.6. The van der Waals surface area contributed by atoms with Gasteiger partial charge in [-0.1, -0.05) is 39.0 Å². The fraction of sp³-hybridized carbons (Fsp3) is 0.576. The van der Waals surface area contributed by atoms with Gasteiger partial charge in [0.1, 0.15) is 5.69 Å². The summed E-state index contributed by atoms with van der Waals surface area (Å²) >= 11 is 0. The number of anilines is 4. The van der Waals surface area contributed by atoms with E-state index in [1.807, 2.05) is 6.07 Å². The van der Waals surface area contributed by atoms with E-state index < -0.39 is 12.5 Å². The smallest absolute Gasteiger partial charge is 0.304 e. The van der Waals surface area contributed by atoms with Crippen LogP contribution < -0.4 is 20.4 Å². The van der Waals surface area contributed by atoms with Crippen LogP contribution >= 0.6 is 0 Å². The molecule has 0 bridgehead atoms. The lowest BCUT2D eigenvalue weighted by atomic mass is 9.60. The summed E-state index contributed by atoms with van der Waals surface area (Å²) in [5, 5.41) is 7.08. The summed E-state index contributed by atoms with van der Waals surface area (Å²) in [6.07, 6.45) is 11.4. The fourth-order valence-electron chi connectivity index (χ4n) is 7.40. The molecule has 1 spiro atoms. The zero-order chi connectivity index (χ0) is 29.6. The number of hydrogen-bond donors (Lipinski definition) is 2. The minimum Gasteiger partial charge on any atom is -0.382 e. The summed E-state index contributed by atoms with van der Waals surface area (Å²) in [5.74, 6) is -2.12. The minimum atomic E-state index is -3.06. The molecular weight excluding hydrogens is 532 g/mol. The largest absolute Gasteiger partial charge is 0.382 e. The predicted octanol–water partition coefficient (Wildman–Crippen LogP) is 6.57. The summed E-state index contributed by atoms with van der Waals surface area (Å²) in [6, 6.07) is 6.82. The Hall–Kier alpha value is -3.20. The normalized spacial score (nSPS) is 22.5. The van der Waals surface area contributed by atoms with E-state index in [4.69, 9.17) is 4.98 Å². The van der Waals surface area contributed by atoms with E-state index in [9.17, 15) is 0 Å². The highest BCUT2D eigenvalue weighted by Gasteiger charge is 2.46. The van der Waals surface area contributed by atoms with Gasteiger partial charge in [0.2, 0.25) is 5.95 Å². The van der Waals surface area contributed by atoms with Gasteiger partial charge in [-0.2, -0.15) is 13.8 Å².